The van der Waals surface area contributed by atoms with Gasteiger partial charge in [-0.25, -0.2) is 0 Å². The number of allylic oxidation sites excluding steroid dienone is 1. The van der Waals surface area contributed by atoms with E-state index in [-0.39, 0.29) is 6.10 Å². The van der Waals surface area contributed by atoms with Gasteiger partial charge in [0.25, 0.3) is 0 Å². The van der Waals surface area contributed by atoms with Crippen LogP contribution in [0, 0.1) is 34.5 Å². The third kappa shape index (κ3) is 0.840. The summed E-state index contributed by atoms with van der Waals surface area (Å²) < 4.78 is 11.5. The average Bonchev–Trinajstić information content (AvgIpc) is 3.36. The van der Waals surface area contributed by atoms with E-state index in [1.165, 1.54) is 11.1 Å². The lowest BCUT2D eigenvalue weighted by molar-refractivity contribution is 0.0875. The zero-order valence-corrected chi connectivity index (χ0v) is 13.3. The number of aliphatic hydroxyl groups is 1. The molecule has 9 atom stereocenters. The first-order chi connectivity index (χ1) is 11.2. The van der Waals surface area contributed by atoms with Crippen LogP contribution >= 0.6 is 0 Å². The highest BCUT2D eigenvalue weighted by atomic mass is 16.5. The van der Waals surface area contributed by atoms with Gasteiger partial charge in [0.1, 0.15) is 11.5 Å². The molecule has 7 aliphatic carbocycles. The Bertz CT molecular complexity index is 828. The van der Waals surface area contributed by atoms with Crippen molar-refractivity contribution in [2.75, 3.05) is 14.2 Å². The molecule has 23 heavy (non-hydrogen) atoms. The van der Waals surface area contributed by atoms with Crippen molar-refractivity contribution in [3.8, 4) is 11.5 Å². The summed E-state index contributed by atoms with van der Waals surface area (Å²) in [5.41, 5.74) is 3.52. The maximum absolute atomic E-state index is 10.3. The normalized spacial score (nSPS) is 56.9. The Kier molecular flexibility index (Phi) is 1.59. The molecule has 8 rings (SSSR count). The molecule has 1 aromatic rings. The maximum Gasteiger partial charge on any atom is 0.122 e. The van der Waals surface area contributed by atoms with Gasteiger partial charge in [-0.3, -0.25) is 0 Å². The molecule has 3 heteroatoms. The lowest BCUT2D eigenvalue weighted by Crippen LogP contribution is -2.42. The smallest absolute Gasteiger partial charge is 0.122 e. The monoisotopic (exact) mass is 308 g/mol. The summed E-state index contributed by atoms with van der Waals surface area (Å²) >= 11 is 0. The van der Waals surface area contributed by atoms with Gasteiger partial charge in [-0.1, -0.05) is 12.2 Å². The minimum absolute atomic E-state index is 0.261. The molecule has 2 bridgehead atoms. The lowest BCUT2D eigenvalue weighted by atomic mass is 9.53. The van der Waals surface area contributed by atoms with Crippen LogP contribution in [0.4, 0.5) is 0 Å². The molecular weight excluding hydrogens is 288 g/mol. The summed E-state index contributed by atoms with van der Waals surface area (Å²) in [6.45, 7) is 0. The third-order valence-electron chi connectivity index (χ3n) is 8.62. The van der Waals surface area contributed by atoms with Crippen molar-refractivity contribution in [3.63, 3.8) is 0 Å². The van der Waals surface area contributed by atoms with Crippen LogP contribution in [0.5, 0.6) is 11.5 Å². The van der Waals surface area contributed by atoms with Gasteiger partial charge >= 0.3 is 0 Å². The highest BCUT2D eigenvalue weighted by molar-refractivity contribution is 5.70. The first-order valence-corrected chi connectivity index (χ1v) is 8.84. The number of benzene rings is 1. The van der Waals surface area contributed by atoms with E-state index in [2.05, 4.69) is 24.3 Å². The molecule has 0 aromatic heterocycles. The van der Waals surface area contributed by atoms with E-state index < -0.39 is 0 Å². The summed E-state index contributed by atoms with van der Waals surface area (Å²) in [6, 6.07) is 4.17. The zero-order chi connectivity index (χ0) is 15.3. The Hall–Kier alpha value is -1.48. The van der Waals surface area contributed by atoms with Gasteiger partial charge in [0, 0.05) is 22.5 Å². The van der Waals surface area contributed by atoms with E-state index in [1.807, 2.05) is 0 Å². The molecule has 0 unspecified atom stereocenters. The summed E-state index contributed by atoms with van der Waals surface area (Å²) in [5, 5.41) is 10.3. The molecular formula is C20H20O3. The van der Waals surface area contributed by atoms with Crippen LogP contribution in [0.15, 0.2) is 24.3 Å². The van der Waals surface area contributed by atoms with E-state index in [0.29, 0.717) is 22.7 Å². The van der Waals surface area contributed by atoms with Gasteiger partial charge in [0.2, 0.25) is 0 Å². The SMILES string of the molecule is COc1ccc(OC)c2c1[C@H]1[C@H]3[C@@H]4[C@@H]3[C@H]2[C@@]23C[C@@H](O)C=C[C@@]12[C@@H]43. The fourth-order valence-corrected chi connectivity index (χ4v) is 8.58. The number of aliphatic hydroxyl groups excluding tert-OH is 1. The Morgan fingerprint density at radius 2 is 1.65 bits per heavy atom. The third-order valence-corrected chi connectivity index (χ3v) is 8.62. The van der Waals surface area contributed by atoms with Gasteiger partial charge in [-0.05, 0) is 53.6 Å². The first-order valence-electron chi connectivity index (χ1n) is 8.84. The Morgan fingerprint density at radius 3 is 2.35 bits per heavy atom. The van der Waals surface area contributed by atoms with Crippen LogP contribution in [-0.2, 0) is 0 Å². The molecule has 0 heterocycles. The zero-order valence-electron chi connectivity index (χ0n) is 13.3. The van der Waals surface area contributed by atoms with E-state index in [9.17, 15) is 5.11 Å². The second-order valence-corrected chi connectivity index (χ2v) is 8.57. The Balaban J connectivity index is 1.58. The summed E-state index contributed by atoms with van der Waals surface area (Å²) in [4.78, 5) is 0. The predicted molar refractivity (Wildman–Crippen MR) is 83.6 cm³/mol. The summed E-state index contributed by atoms with van der Waals surface area (Å²) in [7, 11) is 3.58. The molecule has 118 valence electrons. The van der Waals surface area contributed by atoms with Crippen LogP contribution in [-0.4, -0.2) is 25.4 Å². The van der Waals surface area contributed by atoms with Crippen LogP contribution < -0.4 is 9.47 Å². The van der Waals surface area contributed by atoms with Crippen LogP contribution in [0.1, 0.15) is 29.4 Å². The van der Waals surface area contributed by atoms with Crippen LogP contribution in [0.3, 0.4) is 0 Å². The first kappa shape index (κ1) is 12.0. The van der Waals surface area contributed by atoms with E-state index in [0.717, 1.165) is 41.6 Å². The summed E-state index contributed by atoms with van der Waals surface area (Å²) in [6.07, 6.45) is 5.18. The van der Waals surface area contributed by atoms with Gasteiger partial charge in [0.05, 0.1) is 20.3 Å². The number of methoxy groups -OCH3 is 2. The number of ether oxygens (including phenoxy) is 2. The molecule has 2 spiro atoms. The van der Waals surface area contributed by atoms with Crippen molar-refractivity contribution in [3.05, 3.63) is 35.4 Å². The van der Waals surface area contributed by atoms with Crippen molar-refractivity contribution < 1.29 is 14.6 Å². The van der Waals surface area contributed by atoms with Crippen molar-refractivity contribution in [1.29, 1.82) is 0 Å². The van der Waals surface area contributed by atoms with Gasteiger partial charge in [0.15, 0.2) is 0 Å². The van der Waals surface area contributed by atoms with E-state index >= 15 is 0 Å². The Labute approximate surface area is 135 Å². The van der Waals surface area contributed by atoms with Crippen LogP contribution in [0.25, 0.3) is 0 Å². The molecule has 4 fully saturated rings. The highest BCUT2D eigenvalue weighted by Crippen LogP contribution is 3.06. The number of hydrogen-bond acceptors (Lipinski definition) is 3. The molecule has 0 aliphatic heterocycles. The van der Waals surface area contributed by atoms with E-state index in [4.69, 9.17) is 9.47 Å². The molecule has 3 nitrogen and oxygen atoms in total. The number of rotatable bonds is 2. The summed E-state index contributed by atoms with van der Waals surface area (Å²) in [5.74, 6) is 6.66. The minimum Gasteiger partial charge on any atom is -0.496 e. The molecule has 0 saturated heterocycles. The van der Waals surface area contributed by atoms with Gasteiger partial charge in [-0.2, -0.15) is 0 Å². The van der Waals surface area contributed by atoms with Crippen molar-refractivity contribution >= 4 is 0 Å². The molecule has 0 amide bonds. The van der Waals surface area contributed by atoms with Crippen molar-refractivity contribution in [2.24, 2.45) is 34.5 Å². The van der Waals surface area contributed by atoms with Gasteiger partial charge in [-0.15, -0.1) is 0 Å². The topological polar surface area (TPSA) is 38.7 Å². The average molecular weight is 308 g/mol. The van der Waals surface area contributed by atoms with Crippen LogP contribution in [0.2, 0.25) is 0 Å². The molecule has 1 aromatic carbocycles. The largest absolute Gasteiger partial charge is 0.496 e. The quantitative estimate of drug-likeness (QED) is 0.854. The van der Waals surface area contributed by atoms with E-state index in [1.54, 1.807) is 14.2 Å². The molecule has 7 aliphatic rings. The standard InChI is InChI=1S/C20H20O3/c1-22-9-3-4-10(23-2)12-11(9)16-13-14-15(13)18-19(16)6-5-8(21)7-20(18,19)17(12)14/h3-6,8,13-18,21H,7H2,1-2H3/t8-,13+,14+,15+,16-,17-,18+,19-,20+/m0/s1. The fourth-order valence-electron chi connectivity index (χ4n) is 8.58. The van der Waals surface area contributed by atoms with Gasteiger partial charge < -0.3 is 14.6 Å². The number of hydrogen-bond donors (Lipinski definition) is 1. The molecule has 0 radical (unpaired) electrons. The molecule has 4 saturated carbocycles. The second kappa shape index (κ2) is 3.06. The fraction of sp³-hybridized carbons (Fsp3) is 0.600. The second-order valence-electron chi connectivity index (χ2n) is 8.57. The van der Waals surface area contributed by atoms with Crippen molar-refractivity contribution in [1.82, 2.24) is 0 Å². The predicted octanol–water partition coefficient (Wildman–Crippen LogP) is 2.70. The maximum atomic E-state index is 10.3. The molecule has 1 N–H and O–H groups in total. The lowest BCUT2D eigenvalue weighted by Gasteiger charge is -2.50. The highest BCUT2D eigenvalue weighted by Gasteiger charge is 3.01. The Morgan fingerprint density at radius 1 is 1.00 bits per heavy atom. The van der Waals surface area contributed by atoms with Crippen molar-refractivity contribution in [2.45, 2.75) is 24.4 Å². The minimum atomic E-state index is -0.261.